The molecule has 1 saturated heterocycles. The van der Waals surface area contributed by atoms with Crippen LogP contribution in [-0.2, 0) is 0 Å². The minimum absolute atomic E-state index is 0.0394. The minimum atomic E-state index is -0.801. The van der Waals surface area contributed by atoms with Gasteiger partial charge in [0.15, 0.2) is 6.33 Å². The Morgan fingerprint density at radius 2 is 2.10 bits per heavy atom. The first-order chi connectivity index (χ1) is 14.9. The lowest BCUT2D eigenvalue weighted by atomic mass is 9.98. The number of primary amides is 1. The molecule has 1 unspecified atom stereocenters. The van der Waals surface area contributed by atoms with Crippen molar-refractivity contribution >= 4 is 5.91 Å². The van der Waals surface area contributed by atoms with Crippen molar-refractivity contribution in [2.45, 2.75) is 32.4 Å². The highest BCUT2D eigenvalue weighted by Gasteiger charge is 2.37. The second-order valence-corrected chi connectivity index (χ2v) is 8.06. The molecule has 1 aromatic carbocycles. The van der Waals surface area contributed by atoms with Crippen molar-refractivity contribution in [1.82, 2.24) is 20.0 Å². The van der Waals surface area contributed by atoms with E-state index in [1.54, 1.807) is 24.4 Å². The van der Waals surface area contributed by atoms with Crippen LogP contribution in [0.3, 0.4) is 0 Å². The first kappa shape index (κ1) is 20.9. The third-order valence-electron chi connectivity index (χ3n) is 5.24. The Morgan fingerprint density at radius 1 is 1.29 bits per heavy atom. The van der Waals surface area contributed by atoms with Gasteiger partial charge in [-0.1, -0.05) is 25.1 Å². The number of nitrogens with two attached hydrogens (primary N) is 1. The number of rotatable bonds is 8. The van der Waals surface area contributed by atoms with E-state index in [4.69, 9.17) is 15.0 Å². The number of hydrogen-bond acceptors (Lipinski definition) is 7. The topological polar surface area (TPSA) is 107 Å². The van der Waals surface area contributed by atoms with Crippen LogP contribution in [0.1, 0.15) is 42.6 Å². The van der Waals surface area contributed by atoms with Crippen LogP contribution >= 0.6 is 0 Å². The quantitative estimate of drug-likeness (QED) is 0.590. The second-order valence-electron chi connectivity index (χ2n) is 8.06. The SMILES string of the molecule is CC(C)CC(c1ncno1)N1CC(Oc2ccc(-c3ccc(C(N)=O)c(F)c3)nc2)C1. The highest BCUT2D eigenvalue weighted by Crippen LogP contribution is 2.32. The molecule has 1 aliphatic rings. The summed E-state index contributed by atoms with van der Waals surface area (Å²) in [5.74, 6) is 0.299. The van der Waals surface area contributed by atoms with Crippen LogP contribution in [0.25, 0.3) is 11.3 Å². The maximum atomic E-state index is 14.0. The van der Waals surface area contributed by atoms with E-state index in [9.17, 15) is 9.18 Å². The molecule has 0 radical (unpaired) electrons. The Hall–Kier alpha value is -3.33. The van der Waals surface area contributed by atoms with Crippen molar-refractivity contribution in [3.05, 3.63) is 60.1 Å². The molecule has 1 amide bonds. The fourth-order valence-electron chi connectivity index (χ4n) is 3.67. The number of hydrogen-bond donors (Lipinski definition) is 1. The Kier molecular flexibility index (Phi) is 5.94. The van der Waals surface area contributed by atoms with E-state index in [0.717, 1.165) is 19.5 Å². The summed E-state index contributed by atoms with van der Waals surface area (Å²) in [6.07, 6.45) is 4.01. The monoisotopic (exact) mass is 425 g/mol. The average molecular weight is 425 g/mol. The standard InChI is InChI=1S/C22H24FN5O3/c1-13(2)7-20(22-26-12-27-31-22)28-10-16(11-28)30-15-4-6-19(25-9-15)14-3-5-17(21(24)29)18(23)8-14/h3-6,8-9,12-13,16,20H,7,10-11H2,1-2H3,(H2,24,29). The zero-order valence-corrected chi connectivity index (χ0v) is 17.4. The van der Waals surface area contributed by atoms with E-state index in [2.05, 4.69) is 33.9 Å². The number of likely N-dealkylation sites (tertiary alicyclic amines) is 1. The highest BCUT2D eigenvalue weighted by molar-refractivity contribution is 5.93. The lowest BCUT2D eigenvalue weighted by Crippen LogP contribution is -2.55. The predicted octanol–water partition coefficient (Wildman–Crippen LogP) is 3.22. The molecule has 2 aromatic heterocycles. The van der Waals surface area contributed by atoms with E-state index in [1.807, 2.05) is 0 Å². The summed E-state index contributed by atoms with van der Waals surface area (Å²) in [6.45, 7) is 5.83. The molecule has 1 aliphatic heterocycles. The normalized spacial score (nSPS) is 15.6. The number of aromatic nitrogens is 3. The Labute approximate surface area is 179 Å². The minimum Gasteiger partial charge on any atom is -0.486 e. The van der Waals surface area contributed by atoms with E-state index in [1.165, 1.54) is 18.5 Å². The summed E-state index contributed by atoms with van der Waals surface area (Å²) in [4.78, 5) is 22.0. The third-order valence-corrected chi connectivity index (χ3v) is 5.24. The van der Waals surface area contributed by atoms with Gasteiger partial charge >= 0.3 is 0 Å². The van der Waals surface area contributed by atoms with Gasteiger partial charge in [-0.2, -0.15) is 4.98 Å². The first-order valence-electron chi connectivity index (χ1n) is 10.1. The van der Waals surface area contributed by atoms with Crippen LogP contribution in [0, 0.1) is 11.7 Å². The number of carbonyl (C=O) groups excluding carboxylic acids is 1. The second kappa shape index (κ2) is 8.81. The fourth-order valence-corrected chi connectivity index (χ4v) is 3.67. The van der Waals surface area contributed by atoms with Crippen molar-refractivity contribution in [3.63, 3.8) is 0 Å². The van der Waals surface area contributed by atoms with Gasteiger partial charge < -0.3 is 15.0 Å². The average Bonchev–Trinajstić information content (AvgIpc) is 3.23. The van der Waals surface area contributed by atoms with Crippen molar-refractivity contribution < 1.29 is 18.4 Å². The molecule has 3 heterocycles. The number of benzene rings is 1. The smallest absolute Gasteiger partial charge is 0.251 e. The van der Waals surface area contributed by atoms with Crippen molar-refractivity contribution in [1.29, 1.82) is 0 Å². The largest absolute Gasteiger partial charge is 0.486 e. The summed E-state index contributed by atoms with van der Waals surface area (Å²) < 4.78 is 25.3. The Bertz CT molecular complexity index is 1030. The van der Waals surface area contributed by atoms with Gasteiger partial charge in [0.2, 0.25) is 5.89 Å². The van der Waals surface area contributed by atoms with Gasteiger partial charge in [-0.05, 0) is 36.6 Å². The third kappa shape index (κ3) is 4.72. The number of ether oxygens (including phenoxy) is 1. The van der Waals surface area contributed by atoms with Crippen LogP contribution in [0.5, 0.6) is 5.75 Å². The van der Waals surface area contributed by atoms with E-state index < -0.39 is 11.7 Å². The number of pyridine rings is 1. The molecule has 0 bridgehead atoms. The molecule has 4 rings (SSSR count). The molecule has 0 spiro atoms. The first-order valence-corrected chi connectivity index (χ1v) is 10.1. The maximum absolute atomic E-state index is 14.0. The van der Waals surface area contributed by atoms with Gasteiger partial charge in [-0.3, -0.25) is 14.7 Å². The van der Waals surface area contributed by atoms with E-state index in [-0.39, 0.29) is 17.7 Å². The zero-order valence-electron chi connectivity index (χ0n) is 17.4. The van der Waals surface area contributed by atoms with Crippen molar-refractivity contribution in [2.75, 3.05) is 13.1 Å². The summed E-state index contributed by atoms with van der Waals surface area (Å²) in [5, 5.41) is 3.73. The Balaban J connectivity index is 1.36. The van der Waals surface area contributed by atoms with E-state index in [0.29, 0.717) is 28.8 Å². The summed E-state index contributed by atoms with van der Waals surface area (Å²) in [5.41, 5.74) is 6.13. The Morgan fingerprint density at radius 3 is 2.68 bits per heavy atom. The van der Waals surface area contributed by atoms with Crippen LogP contribution in [-0.4, -0.2) is 45.1 Å². The summed E-state index contributed by atoms with van der Waals surface area (Å²) in [6, 6.07) is 7.86. The van der Waals surface area contributed by atoms with Gasteiger partial charge in [0.25, 0.3) is 5.91 Å². The molecule has 2 N–H and O–H groups in total. The molecule has 8 nitrogen and oxygen atoms in total. The van der Waals surface area contributed by atoms with Gasteiger partial charge in [-0.15, -0.1) is 0 Å². The fraction of sp³-hybridized carbons (Fsp3) is 0.364. The number of carbonyl (C=O) groups is 1. The lowest BCUT2D eigenvalue weighted by molar-refractivity contribution is -0.0242. The molecule has 31 heavy (non-hydrogen) atoms. The number of halogens is 1. The molecule has 1 atom stereocenters. The summed E-state index contributed by atoms with van der Waals surface area (Å²) in [7, 11) is 0. The van der Waals surface area contributed by atoms with Crippen molar-refractivity contribution in [2.24, 2.45) is 11.7 Å². The molecule has 9 heteroatoms. The summed E-state index contributed by atoms with van der Waals surface area (Å²) >= 11 is 0. The molecular weight excluding hydrogens is 401 g/mol. The molecule has 3 aromatic rings. The van der Waals surface area contributed by atoms with Crippen LogP contribution in [0.4, 0.5) is 4.39 Å². The van der Waals surface area contributed by atoms with Gasteiger partial charge in [0, 0.05) is 18.7 Å². The van der Waals surface area contributed by atoms with Gasteiger partial charge in [0.1, 0.15) is 17.7 Å². The maximum Gasteiger partial charge on any atom is 0.251 e. The van der Waals surface area contributed by atoms with Gasteiger partial charge in [0.05, 0.1) is 23.5 Å². The lowest BCUT2D eigenvalue weighted by Gasteiger charge is -2.43. The number of amides is 1. The van der Waals surface area contributed by atoms with Crippen LogP contribution in [0.2, 0.25) is 0 Å². The zero-order chi connectivity index (χ0) is 22.0. The van der Waals surface area contributed by atoms with Crippen molar-refractivity contribution in [3.8, 4) is 17.0 Å². The van der Waals surface area contributed by atoms with Crippen LogP contribution in [0.15, 0.2) is 47.4 Å². The predicted molar refractivity (Wildman–Crippen MR) is 111 cm³/mol. The molecule has 162 valence electrons. The number of nitrogens with zero attached hydrogens (tertiary/aromatic N) is 4. The van der Waals surface area contributed by atoms with E-state index >= 15 is 0 Å². The highest BCUT2D eigenvalue weighted by atomic mass is 19.1. The van der Waals surface area contributed by atoms with Crippen LogP contribution < -0.4 is 10.5 Å². The molecular formula is C22H24FN5O3. The molecule has 0 saturated carbocycles. The van der Waals surface area contributed by atoms with Gasteiger partial charge in [-0.25, -0.2) is 4.39 Å². The molecule has 0 aliphatic carbocycles. The molecule has 1 fully saturated rings.